The van der Waals surface area contributed by atoms with Crippen LogP contribution in [-0.2, 0) is 0 Å². The van der Waals surface area contributed by atoms with Crippen LogP contribution in [0.15, 0.2) is 42.6 Å². The number of halogens is 1. The number of ether oxygens (including phenoxy) is 2. The summed E-state index contributed by atoms with van der Waals surface area (Å²) in [5.41, 5.74) is 1.65. The van der Waals surface area contributed by atoms with Gasteiger partial charge in [0.05, 0.1) is 19.9 Å². The van der Waals surface area contributed by atoms with Gasteiger partial charge in [-0.3, -0.25) is 4.79 Å². The SMILES string of the molecule is COc1cc(OC)c(NC(=O)c2ccc3[nH]ccc3c2)cc1F. The second-order valence-corrected chi connectivity index (χ2v) is 4.92. The van der Waals surface area contributed by atoms with Crippen LogP contribution in [0.5, 0.6) is 11.5 Å². The predicted octanol–water partition coefficient (Wildman–Crippen LogP) is 3.58. The summed E-state index contributed by atoms with van der Waals surface area (Å²) in [4.78, 5) is 15.4. The van der Waals surface area contributed by atoms with Crippen molar-refractivity contribution in [3.8, 4) is 11.5 Å². The average Bonchev–Trinajstić information content (AvgIpc) is 3.02. The van der Waals surface area contributed by atoms with Gasteiger partial charge in [-0.25, -0.2) is 4.39 Å². The molecule has 0 saturated heterocycles. The normalized spacial score (nSPS) is 10.6. The van der Waals surface area contributed by atoms with E-state index >= 15 is 0 Å². The fourth-order valence-corrected chi connectivity index (χ4v) is 2.35. The fourth-order valence-electron chi connectivity index (χ4n) is 2.35. The third-order valence-electron chi connectivity index (χ3n) is 3.54. The molecule has 5 nitrogen and oxygen atoms in total. The number of hydrogen-bond donors (Lipinski definition) is 2. The zero-order valence-corrected chi connectivity index (χ0v) is 12.6. The smallest absolute Gasteiger partial charge is 0.255 e. The lowest BCUT2D eigenvalue weighted by Crippen LogP contribution is -2.13. The van der Waals surface area contributed by atoms with Gasteiger partial charge < -0.3 is 19.8 Å². The second-order valence-electron chi connectivity index (χ2n) is 4.92. The fraction of sp³-hybridized carbons (Fsp3) is 0.118. The van der Waals surface area contributed by atoms with Crippen LogP contribution in [0.4, 0.5) is 10.1 Å². The van der Waals surface area contributed by atoms with Crippen LogP contribution in [-0.4, -0.2) is 25.1 Å². The maximum Gasteiger partial charge on any atom is 0.255 e. The number of anilines is 1. The van der Waals surface area contributed by atoms with Crippen molar-refractivity contribution in [3.05, 3.63) is 54.0 Å². The number of fused-ring (bicyclic) bond motifs is 1. The van der Waals surface area contributed by atoms with Gasteiger partial charge in [-0.2, -0.15) is 0 Å². The minimum Gasteiger partial charge on any atom is -0.494 e. The summed E-state index contributed by atoms with van der Waals surface area (Å²) in [6.45, 7) is 0. The summed E-state index contributed by atoms with van der Waals surface area (Å²) in [5, 5.41) is 3.58. The molecule has 1 amide bonds. The Bertz CT molecular complexity index is 873. The highest BCUT2D eigenvalue weighted by Gasteiger charge is 2.14. The van der Waals surface area contributed by atoms with Crippen LogP contribution in [0.25, 0.3) is 10.9 Å². The molecule has 118 valence electrons. The van der Waals surface area contributed by atoms with E-state index < -0.39 is 5.82 Å². The molecule has 1 aromatic heterocycles. The van der Waals surface area contributed by atoms with Crippen molar-refractivity contribution in [2.24, 2.45) is 0 Å². The molecule has 0 atom stereocenters. The number of methoxy groups -OCH3 is 2. The van der Waals surface area contributed by atoms with Crippen molar-refractivity contribution in [1.29, 1.82) is 0 Å². The van der Waals surface area contributed by atoms with Gasteiger partial charge in [0.1, 0.15) is 5.75 Å². The molecule has 2 N–H and O–H groups in total. The first kappa shape index (κ1) is 14.9. The van der Waals surface area contributed by atoms with Crippen LogP contribution >= 0.6 is 0 Å². The van der Waals surface area contributed by atoms with E-state index in [0.29, 0.717) is 11.3 Å². The van der Waals surface area contributed by atoms with Gasteiger partial charge in [-0.05, 0) is 24.3 Å². The maximum absolute atomic E-state index is 13.9. The van der Waals surface area contributed by atoms with Crippen molar-refractivity contribution >= 4 is 22.5 Å². The lowest BCUT2D eigenvalue weighted by atomic mass is 10.1. The Kier molecular flexibility index (Phi) is 3.89. The number of rotatable bonds is 4. The highest BCUT2D eigenvalue weighted by atomic mass is 19.1. The molecule has 2 aromatic carbocycles. The predicted molar refractivity (Wildman–Crippen MR) is 85.8 cm³/mol. The third-order valence-corrected chi connectivity index (χ3v) is 3.54. The molecule has 0 spiro atoms. The summed E-state index contributed by atoms with van der Waals surface area (Å²) in [7, 11) is 2.80. The molecule has 6 heteroatoms. The van der Waals surface area contributed by atoms with Crippen LogP contribution in [0.3, 0.4) is 0 Å². The number of aromatic nitrogens is 1. The summed E-state index contributed by atoms with van der Waals surface area (Å²) in [5.74, 6) is -0.562. The van der Waals surface area contributed by atoms with Gasteiger partial charge >= 0.3 is 0 Å². The highest BCUT2D eigenvalue weighted by molar-refractivity contribution is 6.06. The Hall–Kier alpha value is -3.02. The lowest BCUT2D eigenvalue weighted by molar-refractivity contribution is 0.102. The summed E-state index contributed by atoms with van der Waals surface area (Å²) < 4.78 is 23.9. The summed E-state index contributed by atoms with van der Waals surface area (Å²) in [6.07, 6.45) is 1.80. The number of H-pyrrole nitrogens is 1. The number of benzene rings is 2. The number of amides is 1. The Labute approximate surface area is 132 Å². The van der Waals surface area contributed by atoms with Gasteiger partial charge in [-0.15, -0.1) is 0 Å². The number of hydrogen-bond acceptors (Lipinski definition) is 3. The van der Waals surface area contributed by atoms with Crippen molar-refractivity contribution in [3.63, 3.8) is 0 Å². The first-order valence-corrected chi connectivity index (χ1v) is 6.92. The summed E-state index contributed by atoms with van der Waals surface area (Å²) in [6, 6.07) is 9.70. The van der Waals surface area contributed by atoms with Gasteiger partial charge in [-0.1, -0.05) is 0 Å². The Morgan fingerprint density at radius 1 is 1.09 bits per heavy atom. The van der Waals surface area contributed by atoms with E-state index in [-0.39, 0.29) is 17.3 Å². The standard InChI is InChI=1S/C17H15FN2O3/c1-22-15-9-16(23-2)14(8-12(15)18)20-17(21)11-3-4-13-10(7-11)5-6-19-13/h3-9,19H,1-2H3,(H,20,21). The molecule has 3 rings (SSSR count). The Morgan fingerprint density at radius 2 is 1.87 bits per heavy atom. The molecular formula is C17H15FN2O3. The molecule has 0 radical (unpaired) electrons. The van der Waals surface area contributed by atoms with Gasteiger partial charge in [0.2, 0.25) is 0 Å². The van der Waals surface area contributed by atoms with Crippen LogP contribution in [0.1, 0.15) is 10.4 Å². The van der Waals surface area contributed by atoms with E-state index in [1.54, 1.807) is 18.3 Å². The average molecular weight is 314 g/mol. The molecule has 1 heterocycles. The first-order chi connectivity index (χ1) is 11.1. The monoisotopic (exact) mass is 314 g/mol. The van der Waals surface area contributed by atoms with Crippen LogP contribution in [0, 0.1) is 5.82 Å². The van der Waals surface area contributed by atoms with Crippen molar-refractivity contribution in [2.75, 3.05) is 19.5 Å². The van der Waals surface area contributed by atoms with Crippen molar-refractivity contribution < 1.29 is 18.7 Å². The van der Waals surface area contributed by atoms with E-state index in [9.17, 15) is 9.18 Å². The van der Waals surface area contributed by atoms with E-state index in [1.165, 1.54) is 26.4 Å². The molecular weight excluding hydrogens is 299 g/mol. The van der Waals surface area contributed by atoms with E-state index in [4.69, 9.17) is 9.47 Å². The number of carbonyl (C=O) groups is 1. The van der Waals surface area contributed by atoms with E-state index in [2.05, 4.69) is 10.3 Å². The second kappa shape index (κ2) is 6.00. The maximum atomic E-state index is 13.9. The molecule has 0 aliphatic carbocycles. The summed E-state index contributed by atoms with van der Waals surface area (Å²) >= 11 is 0. The molecule has 0 bridgehead atoms. The molecule has 0 aliphatic heterocycles. The molecule has 3 aromatic rings. The van der Waals surface area contributed by atoms with Crippen LogP contribution in [0.2, 0.25) is 0 Å². The molecule has 0 unspecified atom stereocenters. The molecule has 0 saturated carbocycles. The van der Waals surface area contributed by atoms with E-state index in [0.717, 1.165) is 10.9 Å². The Balaban J connectivity index is 1.91. The van der Waals surface area contributed by atoms with Gasteiger partial charge in [0.25, 0.3) is 5.91 Å². The first-order valence-electron chi connectivity index (χ1n) is 6.92. The number of nitrogens with one attached hydrogen (secondary N) is 2. The molecule has 0 aliphatic rings. The highest BCUT2D eigenvalue weighted by Crippen LogP contribution is 2.32. The number of aromatic amines is 1. The van der Waals surface area contributed by atoms with Gasteiger partial charge in [0.15, 0.2) is 11.6 Å². The lowest BCUT2D eigenvalue weighted by Gasteiger charge is -2.12. The Morgan fingerprint density at radius 3 is 2.61 bits per heavy atom. The zero-order chi connectivity index (χ0) is 16.4. The number of carbonyl (C=O) groups excluding carboxylic acids is 1. The van der Waals surface area contributed by atoms with Crippen molar-refractivity contribution in [2.45, 2.75) is 0 Å². The quantitative estimate of drug-likeness (QED) is 0.774. The van der Waals surface area contributed by atoms with Gasteiger partial charge in [0, 0.05) is 34.8 Å². The molecule has 23 heavy (non-hydrogen) atoms. The largest absolute Gasteiger partial charge is 0.494 e. The zero-order valence-electron chi connectivity index (χ0n) is 12.6. The van der Waals surface area contributed by atoms with Crippen LogP contribution < -0.4 is 14.8 Å². The minimum absolute atomic E-state index is 0.0496. The minimum atomic E-state index is -0.579. The third kappa shape index (κ3) is 2.83. The van der Waals surface area contributed by atoms with Crippen molar-refractivity contribution in [1.82, 2.24) is 4.98 Å². The molecule has 0 fully saturated rings. The topological polar surface area (TPSA) is 63.4 Å². The van der Waals surface area contributed by atoms with E-state index in [1.807, 2.05) is 12.1 Å².